The smallest absolute Gasteiger partial charge is 0.0833 e. The number of hydrogen-bond acceptors (Lipinski definition) is 4. The third kappa shape index (κ3) is 4.62. The van der Waals surface area contributed by atoms with Gasteiger partial charge in [0.2, 0.25) is 0 Å². The first-order valence-corrected chi connectivity index (χ1v) is 9.20. The second-order valence-electron chi connectivity index (χ2n) is 6.57. The molecule has 0 bridgehead atoms. The zero-order valence-corrected chi connectivity index (χ0v) is 13.3. The fourth-order valence-electron chi connectivity index (χ4n) is 3.68. The first-order valence-electron chi connectivity index (χ1n) is 7.80. The van der Waals surface area contributed by atoms with Crippen molar-refractivity contribution in [2.45, 2.75) is 63.1 Å². The summed E-state index contributed by atoms with van der Waals surface area (Å²) in [5, 5.41) is 17.6. The lowest BCUT2D eigenvalue weighted by Gasteiger charge is -2.34. The highest BCUT2D eigenvalue weighted by Crippen LogP contribution is 2.32. The van der Waals surface area contributed by atoms with Crippen LogP contribution in [0.25, 0.3) is 0 Å². The molecule has 0 spiro atoms. The van der Waals surface area contributed by atoms with E-state index in [-0.39, 0.29) is 0 Å². The average molecular weight is 286 g/mol. The van der Waals surface area contributed by atoms with Crippen molar-refractivity contribution in [2.24, 2.45) is 5.92 Å². The molecule has 4 atom stereocenters. The van der Waals surface area contributed by atoms with Crippen LogP contribution < -0.4 is 10.6 Å². The SMILES string of the molecule is CSCC(C)(O)CNC1CCCC1C1CCCCN1. The Kier molecular flexibility index (Phi) is 6.00. The Morgan fingerprint density at radius 1 is 1.26 bits per heavy atom. The van der Waals surface area contributed by atoms with Crippen LogP contribution in [0.15, 0.2) is 0 Å². The van der Waals surface area contributed by atoms with E-state index in [0.29, 0.717) is 12.1 Å². The van der Waals surface area contributed by atoms with Gasteiger partial charge in [0.25, 0.3) is 0 Å². The van der Waals surface area contributed by atoms with Crippen LogP contribution in [0, 0.1) is 5.92 Å². The fourth-order valence-corrected chi connectivity index (χ4v) is 4.40. The standard InChI is InChI=1S/C15H30N2OS/c1-15(18,11-19-2)10-17-14-8-5-6-12(14)13-7-3-4-9-16-13/h12-14,16-18H,3-11H2,1-2H3. The van der Waals surface area contributed by atoms with Gasteiger partial charge in [-0.1, -0.05) is 12.8 Å². The number of nitrogens with one attached hydrogen (secondary N) is 2. The van der Waals surface area contributed by atoms with Crippen molar-refractivity contribution in [1.82, 2.24) is 10.6 Å². The summed E-state index contributed by atoms with van der Waals surface area (Å²) in [5.41, 5.74) is -0.577. The molecule has 112 valence electrons. The molecule has 0 aromatic heterocycles. The third-order valence-electron chi connectivity index (χ3n) is 4.64. The molecule has 2 aliphatic rings. The normalized spacial score (nSPS) is 35.2. The summed E-state index contributed by atoms with van der Waals surface area (Å²) in [6.07, 6.45) is 10.1. The molecule has 1 heterocycles. The molecule has 1 aliphatic carbocycles. The molecule has 0 aromatic carbocycles. The van der Waals surface area contributed by atoms with Gasteiger partial charge in [-0.25, -0.2) is 0 Å². The van der Waals surface area contributed by atoms with Crippen LogP contribution >= 0.6 is 11.8 Å². The molecule has 4 unspecified atom stereocenters. The maximum Gasteiger partial charge on any atom is 0.0833 e. The number of hydrogen-bond donors (Lipinski definition) is 3. The van der Waals surface area contributed by atoms with E-state index in [1.165, 1.54) is 45.1 Å². The molecular formula is C15H30N2OS. The zero-order valence-electron chi connectivity index (χ0n) is 12.5. The Morgan fingerprint density at radius 3 is 2.79 bits per heavy atom. The van der Waals surface area contributed by atoms with Crippen LogP contribution in [-0.4, -0.2) is 47.9 Å². The molecule has 3 nitrogen and oxygen atoms in total. The molecule has 0 amide bonds. The lowest BCUT2D eigenvalue weighted by Crippen LogP contribution is -2.50. The predicted octanol–water partition coefficient (Wildman–Crippen LogP) is 2.00. The van der Waals surface area contributed by atoms with Crippen LogP contribution in [0.1, 0.15) is 45.4 Å². The molecule has 2 fully saturated rings. The number of thioether (sulfide) groups is 1. The highest BCUT2D eigenvalue weighted by Gasteiger charge is 2.35. The predicted molar refractivity (Wildman–Crippen MR) is 83.8 cm³/mol. The van der Waals surface area contributed by atoms with Gasteiger partial charge in [0.1, 0.15) is 0 Å². The van der Waals surface area contributed by atoms with Crippen molar-refractivity contribution in [3.05, 3.63) is 0 Å². The van der Waals surface area contributed by atoms with E-state index >= 15 is 0 Å². The highest BCUT2D eigenvalue weighted by molar-refractivity contribution is 7.98. The minimum Gasteiger partial charge on any atom is -0.388 e. The fraction of sp³-hybridized carbons (Fsp3) is 1.00. The van der Waals surface area contributed by atoms with Gasteiger partial charge in [0, 0.05) is 24.4 Å². The van der Waals surface area contributed by atoms with Gasteiger partial charge in [-0.05, 0) is 51.3 Å². The number of aliphatic hydroxyl groups is 1. The van der Waals surface area contributed by atoms with E-state index in [9.17, 15) is 5.11 Å². The summed E-state index contributed by atoms with van der Waals surface area (Å²) in [6.45, 7) is 3.86. The zero-order chi connectivity index (χ0) is 13.7. The van der Waals surface area contributed by atoms with Gasteiger partial charge in [-0.2, -0.15) is 11.8 Å². The number of piperidine rings is 1. The van der Waals surface area contributed by atoms with Gasteiger partial charge in [0.15, 0.2) is 0 Å². The molecule has 1 saturated heterocycles. The average Bonchev–Trinajstić information content (AvgIpc) is 2.86. The maximum atomic E-state index is 10.3. The van der Waals surface area contributed by atoms with Crippen LogP contribution in [0.2, 0.25) is 0 Å². The summed E-state index contributed by atoms with van der Waals surface area (Å²) in [5.74, 6) is 1.57. The lowest BCUT2D eigenvalue weighted by atomic mass is 9.88. The largest absolute Gasteiger partial charge is 0.388 e. The van der Waals surface area contributed by atoms with E-state index in [2.05, 4.69) is 16.9 Å². The molecule has 0 aromatic rings. The van der Waals surface area contributed by atoms with E-state index in [0.717, 1.165) is 18.2 Å². The van der Waals surface area contributed by atoms with Gasteiger partial charge >= 0.3 is 0 Å². The summed E-state index contributed by atoms with van der Waals surface area (Å²) >= 11 is 1.72. The molecule has 0 radical (unpaired) electrons. The second-order valence-corrected chi connectivity index (χ2v) is 7.43. The molecular weight excluding hydrogens is 256 g/mol. The van der Waals surface area contributed by atoms with Gasteiger partial charge < -0.3 is 15.7 Å². The Morgan fingerprint density at radius 2 is 2.11 bits per heavy atom. The van der Waals surface area contributed by atoms with E-state index in [1.54, 1.807) is 11.8 Å². The first-order chi connectivity index (χ1) is 9.12. The van der Waals surface area contributed by atoms with Gasteiger partial charge in [0.05, 0.1) is 5.60 Å². The van der Waals surface area contributed by atoms with Crippen molar-refractivity contribution in [3.8, 4) is 0 Å². The van der Waals surface area contributed by atoms with Crippen molar-refractivity contribution < 1.29 is 5.11 Å². The third-order valence-corrected chi connectivity index (χ3v) is 5.55. The highest BCUT2D eigenvalue weighted by atomic mass is 32.2. The quantitative estimate of drug-likeness (QED) is 0.699. The van der Waals surface area contributed by atoms with Crippen LogP contribution in [0.4, 0.5) is 0 Å². The molecule has 1 saturated carbocycles. The van der Waals surface area contributed by atoms with E-state index in [1.807, 2.05) is 6.92 Å². The Bertz CT molecular complexity index is 267. The van der Waals surface area contributed by atoms with Crippen LogP contribution in [-0.2, 0) is 0 Å². The minimum absolute atomic E-state index is 0.577. The van der Waals surface area contributed by atoms with Gasteiger partial charge in [-0.3, -0.25) is 0 Å². The molecule has 3 N–H and O–H groups in total. The summed E-state index contributed by atoms with van der Waals surface area (Å²) in [6, 6.07) is 1.31. The maximum absolute atomic E-state index is 10.3. The molecule has 1 aliphatic heterocycles. The Balaban J connectivity index is 1.81. The first kappa shape index (κ1) is 15.6. The summed E-state index contributed by atoms with van der Waals surface area (Å²) in [4.78, 5) is 0. The van der Waals surface area contributed by atoms with Crippen LogP contribution in [0.5, 0.6) is 0 Å². The molecule has 2 rings (SSSR count). The van der Waals surface area contributed by atoms with Crippen molar-refractivity contribution in [2.75, 3.05) is 25.1 Å². The monoisotopic (exact) mass is 286 g/mol. The summed E-state index contributed by atoms with van der Waals surface area (Å²) in [7, 11) is 0. The van der Waals surface area contributed by atoms with Crippen molar-refractivity contribution in [3.63, 3.8) is 0 Å². The van der Waals surface area contributed by atoms with Crippen LogP contribution in [0.3, 0.4) is 0 Å². The van der Waals surface area contributed by atoms with E-state index < -0.39 is 5.60 Å². The van der Waals surface area contributed by atoms with E-state index in [4.69, 9.17) is 0 Å². The number of rotatable bonds is 6. The van der Waals surface area contributed by atoms with Crippen molar-refractivity contribution in [1.29, 1.82) is 0 Å². The summed E-state index contributed by atoms with van der Waals surface area (Å²) < 4.78 is 0. The second kappa shape index (κ2) is 7.30. The lowest BCUT2D eigenvalue weighted by molar-refractivity contribution is 0.0779. The minimum atomic E-state index is -0.577. The molecule has 19 heavy (non-hydrogen) atoms. The molecule has 4 heteroatoms. The Labute approximate surface area is 122 Å². The van der Waals surface area contributed by atoms with Crippen molar-refractivity contribution >= 4 is 11.8 Å². The van der Waals surface area contributed by atoms with Gasteiger partial charge in [-0.15, -0.1) is 0 Å². The topological polar surface area (TPSA) is 44.3 Å². The Hall–Kier alpha value is 0.230.